The number of rotatable bonds is 5. The fourth-order valence-corrected chi connectivity index (χ4v) is 3.61. The monoisotopic (exact) mass is 356 g/mol. The Kier molecular flexibility index (Phi) is 4.87. The Labute approximate surface area is 150 Å². The van der Waals surface area contributed by atoms with Crippen LogP contribution in [0.2, 0.25) is 0 Å². The summed E-state index contributed by atoms with van der Waals surface area (Å²) in [6.45, 7) is 3.76. The second kappa shape index (κ2) is 7.43. The van der Waals surface area contributed by atoms with Crippen molar-refractivity contribution < 1.29 is 9.47 Å². The van der Waals surface area contributed by atoms with E-state index in [1.54, 1.807) is 11.3 Å². The van der Waals surface area contributed by atoms with E-state index >= 15 is 0 Å². The Bertz CT molecular complexity index is 840. The van der Waals surface area contributed by atoms with E-state index in [2.05, 4.69) is 32.6 Å². The molecule has 3 heterocycles. The van der Waals surface area contributed by atoms with Crippen LogP contribution in [0.25, 0.3) is 10.8 Å². The van der Waals surface area contributed by atoms with Crippen LogP contribution < -0.4 is 5.32 Å². The number of fused-ring (bicyclic) bond motifs is 1. The van der Waals surface area contributed by atoms with Crippen LogP contribution >= 0.6 is 11.3 Å². The summed E-state index contributed by atoms with van der Waals surface area (Å²) < 4.78 is 11.7. The van der Waals surface area contributed by atoms with Crippen molar-refractivity contribution in [3.8, 4) is 0 Å². The van der Waals surface area contributed by atoms with Crippen LogP contribution in [0.4, 0.5) is 5.82 Å². The van der Waals surface area contributed by atoms with Gasteiger partial charge in [-0.2, -0.15) is 5.10 Å². The second-order valence-corrected chi connectivity index (χ2v) is 6.84. The van der Waals surface area contributed by atoms with E-state index in [4.69, 9.17) is 9.47 Å². The molecule has 1 saturated heterocycles. The summed E-state index contributed by atoms with van der Waals surface area (Å²) in [6, 6.07) is 8.33. The number of ether oxygens (including phenoxy) is 2. The highest BCUT2D eigenvalue weighted by Gasteiger charge is 2.27. The summed E-state index contributed by atoms with van der Waals surface area (Å²) in [7, 11) is 0. The van der Waals surface area contributed by atoms with Gasteiger partial charge in [0, 0.05) is 22.8 Å². The molecule has 1 aliphatic rings. The number of benzene rings is 1. The van der Waals surface area contributed by atoms with E-state index in [9.17, 15) is 0 Å². The molecule has 25 heavy (non-hydrogen) atoms. The Morgan fingerprint density at radius 3 is 3.00 bits per heavy atom. The smallest absolute Gasteiger partial charge is 0.156 e. The van der Waals surface area contributed by atoms with Crippen molar-refractivity contribution >= 4 is 27.9 Å². The minimum Gasteiger partial charge on any atom is -0.379 e. The van der Waals surface area contributed by atoms with Crippen LogP contribution in [-0.4, -0.2) is 40.5 Å². The van der Waals surface area contributed by atoms with E-state index in [0.29, 0.717) is 19.8 Å². The molecule has 0 unspecified atom stereocenters. The van der Waals surface area contributed by atoms with Gasteiger partial charge in [-0.25, -0.2) is 4.98 Å². The number of aromatic nitrogens is 3. The van der Waals surface area contributed by atoms with Crippen molar-refractivity contribution in [2.24, 2.45) is 0 Å². The SMILES string of the molecule is Cc1nnc(N[C@@H]2CCOC[C@H]2OCc2cscn2)c2ccccc12. The van der Waals surface area contributed by atoms with Gasteiger partial charge >= 0.3 is 0 Å². The third kappa shape index (κ3) is 3.63. The molecule has 0 spiro atoms. The molecule has 0 saturated carbocycles. The lowest BCUT2D eigenvalue weighted by Crippen LogP contribution is -2.44. The van der Waals surface area contributed by atoms with E-state index in [0.717, 1.165) is 34.4 Å². The van der Waals surface area contributed by atoms with E-state index < -0.39 is 0 Å². The molecule has 2 aromatic heterocycles. The highest BCUT2D eigenvalue weighted by molar-refractivity contribution is 7.07. The molecule has 6 nitrogen and oxygen atoms in total. The van der Waals surface area contributed by atoms with Gasteiger partial charge in [-0.05, 0) is 13.3 Å². The summed E-state index contributed by atoms with van der Waals surface area (Å²) >= 11 is 1.58. The predicted octanol–water partition coefficient (Wildman–Crippen LogP) is 3.18. The van der Waals surface area contributed by atoms with Crippen molar-refractivity contribution in [3.05, 3.63) is 46.5 Å². The summed E-state index contributed by atoms with van der Waals surface area (Å²) in [5.41, 5.74) is 3.71. The number of aryl methyl sites for hydroxylation is 1. The standard InChI is InChI=1S/C18H20N4O2S/c1-12-14-4-2-3-5-15(14)18(22-21-12)20-16-6-7-23-9-17(16)24-8-13-10-25-11-19-13/h2-5,10-11,16-17H,6-9H2,1H3,(H,20,22)/t16-,17-/m1/s1. The number of hydrogen-bond donors (Lipinski definition) is 1. The van der Waals surface area contributed by atoms with E-state index in [-0.39, 0.29) is 12.1 Å². The van der Waals surface area contributed by atoms with Crippen LogP contribution in [0.3, 0.4) is 0 Å². The highest BCUT2D eigenvalue weighted by Crippen LogP contribution is 2.25. The molecule has 2 atom stereocenters. The lowest BCUT2D eigenvalue weighted by atomic mass is 10.1. The van der Waals surface area contributed by atoms with Crippen molar-refractivity contribution in [1.29, 1.82) is 0 Å². The molecule has 1 N–H and O–H groups in total. The molecule has 4 rings (SSSR count). The number of nitrogens with one attached hydrogen (secondary N) is 1. The van der Waals surface area contributed by atoms with E-state index in [1.807, 2.05) is 29.9 Å². The van der Waals surface area contributed by atoms with Crippen LogP contribution in [-0.2, 0) is 16.1 Å². The minimum atomic E-state index is -0.0442. The molecule has 0 aliphatic carbocycles. The fourth-order valence-electron chi connectivity index (χ4n) is 3.06. The molecule has 0 amide bonds. The normalized spacial score (nSPS) is 20.7. The third-order valence-electron chi connectivity index (χ3n) is 4.43. The predicted molar refractivity (Wildman–Crippen MR) is 97.8 cm³/mol. The molecule has 0 bridgehead atoms. The lowest BCUT2D eigenvalue weighted by molar-refractivity contribution is -0.0644. The first kappa shape index (κ1) is 16.4. The second-order valence-electron chi connectivity index (χ2n) is 6.12. The summed E-state index contributed by atoms with van der Waals surface area (Å²) in [5.74, 6) is 0.801. The third-order valence-corrected chi connectivity index (χ3v) is 5.06. The quantitative estimate of drug-likeness (QED) is 0.757. The zero-order chi connectivity index (χ0) is 17.1. The minimum absolute atomic E-state index is 0.0442. The van der Waals surface area contributed by atoms with Crippen molar-refractivity contribution in [1.82, 2.24) is 15.2 Å². The number of nitrogens with zero attached hydrogens (tertiary/aromatic N) is 3. The average Bonchev–Trinajstić information content (AvgIpc) is 3.17. The van der Waals surface area contributed by atoms with Gasteiger partial charge < -0.3 is 14.8 Å². The van der Waals surface area contributed by atoms with E-state index in [1.165, 1.54) is 0 Å². The topological polar surface area (TPSA) is 69.2 Å². The summed E-state index contributed by atoms with van der Waals surface area (Å²) in [6.07, 6.45) is 0.823. The molecule has 1 aliphatic heterocycles. The Balaban J connectivity index is 1.52. The first-order chi connectivity index (χ1) is 12.3. The largest absolute Gasteiger partial charge is 0.379 e. The van der Waals surface area contributed by atoms with Crippen molar-refractivity contribution in [2.75, 3.05) is 18.5 Å². The van der Waals surface area contributed by atoms with Crippen LogP contribution in [0.1, 0.15) is 17.8 Å². The van der Waals surface area contributed by atoms with Crippen LogP contribution in [0.15, 0.2) is 35.2 Å². The first-order valence-electron chi connectivity index (χ1n) is 8.36. The van der Waals surface area contributed by atoms with Crippen LogP contribution in [0, 0.1) is 6.92 Å². The summed E-state index contributed by atoms with van der Waals surface area (Å²) in [5, 5.41) is 16.4. The Morgan fingerprint density at radius 1 is 1.28 bits per heavy atom. The molecule has 1 fully saturated rings. The first-order valence-corrected chi connectivity index (χ1v) is 9.30. The molecule has 7 heteroatoms. The molecule has 130 valence electrons. The molecule has 3 aromatic rings. The molecular weight excluding hydrogens is 336 g/mol. The van der Waals surface area contributed by atoms with Gasteiger partial charge in [-0.1, -0.05) is 24.3 Å². The highest BCUT2D eigenvalue weighted by atomic mass is 32.1. The Morgan fingerprint density at radius 2 is 2.16 bits per heavy atom. The van der Waals surface area contributed by atoms with Crippen LogP contribution in [0.5, 0.6) is 0 Å². The fraction of sp³-hybridized carbons (Fsp3) is 0.389. The average molecular weight is 356 g/mol. The maximum Gasteiger partial charge on any atom is 0.156 e. The molecular formula is C18H20N4O2S. The lowest BCUT2D eigenvalue weighted by Gasteiger charge is -2.32. The van der Waals surface area contributed by atoms with Gasteiger partial charge in [0.05, 0.1) is 36.2 Å². The zero-order valence-electron chi connectivity index (χ0n) is 14.0. The van der Waals surface area contributed by atoms with Gasteiger partial charge in [0.2, 0.25) is 0 Å². The maximum absolute atomic E-state index is 6.06. The van der Waals surface area contributed by atoms with Gasteiger partial charge in [-0.15, -0.1) is 16.4 Å². The molecule has 0 radical (unpaired) electrons. The molecule has 1 aromatic carbocycles. The van der Waals surface area contributed by atoms with Gasteiger partial charge in [0.15, 0.2) is 5.82 Å². The number of hydrogen-bond acceptors (Lipinski definition) is 7. The maximum atomic E-state index is 6.06. The number of anilines is 1. The van der Waals surface area contributed by atoms with Crippen molar-refractivity contribution in [2.45, 2.75) is 32.1 Å². The summed E-state index contributed by atoms with van der Waals surface area (Å²) in [4.78, 5) is 4.27. The van der Waals surface area contributed by atoms with Gasteiger partial charge in [0.25, 0.3) is 0 Å². The number of thiazole rings is 1. The Hall–Kier alpha value is -2.09. The zero-order valence-corrected chi connectivity index (χ0v) is 14.8. The van der Waals surface area contributed by atoms with Gasteiger partial charge in [0.1, 0.15) is 6.10 Å². The van der Waals surface area contributed by atoms with Crippen molar-refractivity contribution in [3.63, 3.8) is 0 Å². The van der Waals surface area contributed by atoms with Gasteiger partial charge in [-0.3, -0.25) is 0 Å².